The molecule has 0 amide bonds. The van der Waals surface area contributed by atoms with Gasteiger partial charge < -0.3 is 4.42 Å². The highest BCUT2D eigenvalue weighted by Crippen LogP contribution is 2.21. The van der Waals surface area contributed by atoms with Crippen LogP contribution in [0.2, 0.25) is 0 Å². The molecule has 0 spiro atoms. The van der Waals surface area contributed by atoms with E-state index in [4.69, 9.17) is 4.42 Å². The minimum absolute atomic E-state index is 0.0877. The van der Waals surface area contributed by atoms with Crippen molar-refractivity contribution in [1.82, 2.24) is 0 Å². The molecular formula is C18H10N2O7. The number of nitrogens with zero attached hydrogens (tertiary/aromatic N) is 2. The first-order valence-electron chi connectivity index (χ1n) is 7.54. The van der Waals surface area contributed by atoms with Crippen molar-refractivity contribution in [2.24, 2.45) is 0 Å². The third-order valence-corrected chi connectivity index (χ3v) is 3.72. The third kappa shape index (κ3) is 3.76. The second-order valence-corrected chi connectivity index (χ2v) is 5.47. The lowest BCUT2D eigenvalue weighted by Crippen LogP contribution is -2.12. The molecule has 0 aliphatic rings. The molecule has 3 aromatic rings. The zero-order valence-electron chi connectivity index (χ0n) is 13.5. The first kappa shape index (κ1) is 17.7. The predicted molar refractivity (Wildman–Crippen MR) is 95.6 cm³/mol. The summed E-state index contributed by atoms with van der Waals surface area (Å²) >= 11 is 0. The van der Waals surface area contributed by atoms with Crippen LogP contribution in [0.4, 0.5) is 11.4 Å². The van der Waals surface area contributed by atoms with E-state index >= 15 is 0 Å². The quantitative estimate of drug-likeness (QED) is 0.222. The van der Waals surface area contributed by atoms with Crippen LogP contribution in [0.5, 0.6) is 0 Å². The molecule has 0 aliphatic heterocycles. The summed E-state index contributed by atoms with van der Waals surface area (Å²) in [5.74, 6) is -0.657. The maximum atomic E-state index is 12.3. The second kappa shape index (κ2) is 7.00. The van der Waals surface area contributed by atoms with Crippen molar-refractivity contribution in [1.29, 1.82) is 0 Å². The van der Waals surface area contributed by atoms with Crippen molar-refractivity contribution >= 4 is 34.2 Å². The number of nitro groups is 2. The van der Waals surface area contributed by atoms with E-state index in [9.17, 15) is 29.8 Å². The minimum atomic E-state index is -0.866. The zero-order chi connectivity index (χ0) is 19.6. The standard InChI is InChI=1S/C18H10N2O7/c21-16(7-3-11-1-4-13(5-2-11)19(23)24)15-10-12-9-14(20(25)26)6-8-17(12)27-18(15)22/h1-10H. The molecule has 0 atom stereocenters. The van der Waals surface area contributed by atoms with E-state index in [1.54, 1.807) is 0 Å². The number of fused-ring (bicyclic) bond motifs is 1. The van der Waals surface area contributed by atoms with Crippen LogP contribution in [0.15, 0.2) is 63.8 Å². The molecule has 0 bridgehead atoms. The molecule has 1 aromatic heterocycles. The van der Waals surface area contributed by atoms with E-state index in [-0.39, 0.29) is 27.9 Å². The van der Waals surface area contributed by atoms with Gasteiger partial charge in [0.05, 0.1) is 9.85 Å². The fourth-order valence-electron chi connectivity index (χ4n) is 2.36. The van der Waals surface area contributed by atoms with Gasteiger partial charge in [0.1, 0.15) is 11.1 Å². The fourth-order valence-corrected chi connectivity index (χ4v) is 2.36. The van der Waals surface area contributed by atoms with Crippen molar-refractivity contribution in [3.8, 4) is 0 Å². The van der Waals surface area contributed by atoms with Crippen molar-refractivity contribution in [2.45, 2.75) is 0 Å². The molecule has 27 heavy (non-hydrogen) atoms. The van der Waals surface area contributed by atoms with E-state index in [2.05, 4.69) is 0 Å². The smallest absolute Gasteiger partial charge is 0.347 e. The monoisotopic (exact) mass is 366 g/mol. The SMILES string of the molecule is O=C(C=Cc1ccc([N+](=O)[O-])cc1)c1cc2cc([N+](=O)[O-])ccc2oc1=O. The number of ketones is 1. The Bertz CT molecular complexity index is 1160. The molecule has 9 nitrogen and oxygen atoms in total. The molecule has 0 saturated heterocycles. The Morgan fingerprint density at radius 1 is 0.926 bits per heavy atom. The number of carbonyl (C=O) groups is 1. The van der Waals surface area contributed by atoms with E-state index in [0.717, 1.165) is 6.08 Å². The van der Waals surface area contributed by atoms with Crippen LogP contribution < -0.4 is 5.63 Å². The number of carbonyl (C=O) groups excluding carboxylic acids is 1. The highest BCUT2D eigenvalue weighted by Gasteiger charge is 2.14. The van der Waals surface area contributed by atoms with Crippen LogP contribution in [-0.4, -0.2) is 15.6 Å². The van der Waals surface area contributed by atoms with Gasteiger partial charge >= 0.3 is 5.63 Å². The van der Waals surface area contributed by atoms with Crippen molar-refractivity contribution in [2.75, 3.05) is 0 Å². The average molecular weight is 366 g/mol. The first-order valence-corrected chi connectivity index (χ1v) is 7.54. The summed E-state index contributed by atoms with van der Waals surface area (Å²) in [7, 11) is 0. The lowest BCUT2D eigenvalue weighted by Gasteiger charge is -2.00. The van der Waals surface area contributed by atoms with E-state index in [1.807, 2.05) is 0 Å². The normalized spacial score (nSPS) is 11.0. The molecule has 0 N–H and O–H groups in total. The van der Waals surface area contributed by atoms with Gasteiger partial charge in [0.15, 0.2) is 5.78 Å². The number of rotatable bonds is 5. The van der Waals surface area contributed by atoms with E-state index in [0.29, 0.717) is 5.56 Å². The number of allylic oxidation sites excluding steroid dienone is 1. The Hall–Kier alpha value is -4.14. The lowest BCUT2D eigenvalue weighted by molar-refractivity contribution is -0.385. The molecule has 0 aliphatic carbocycles. The van der Waals surface area contributed by atoms with Gasteiger partial charge in [0.25, 0.3) is 11.4 Å². The number of non-ortho nitro benzene ring substituents is 2. The van der Waals surface area contributed by atoms with Crippen LogP contribution in [0, 0.1) is 20.2 Å². The summed E-state index contributed by atoms with van der Waals surface area (Å²) < 4.78 is 5.03. The summed E-state index contributed by atoms with van der Waals surface area (Å²) in [6.45, 7) is 0. The fraction of sp³-hybridized carbons (Fsp3) is 0. The van der Waals surface area contributed by atoms with Gasteiger partial charge in [0.2, 0.25) is 0 Å². The summed E-state index contributed by atoms with van der Waals surface area (Å²) in [5.41, 5.74) is -0.779. The molecule has 0 saturated carbocycles. The van der Waals surface area contributed by atoms with Crippen molar-refractivity contribution < 1.29 is 19.1 Å². The minimum Gasteiger partial charge on any atom is -0.422 e. The van der Waals surface area contributed by atoms with Crippen LogP contribution in [-0.2, 0) is 0 Å². The predicted octanol–water partition coefficient (Wildman–Crippen LogP) is 3.51. The van der Waals surface area contributed by atoms with Crippen molar-refractivity contribution in [3.05, 3.63) is 96.4 Å². The molecule has 9 heteroatoms. The van der Waals surface area contributed by atoms with Gasteiger partial charge in [-0.25, -0.2) is 4.79 Å². The number of hydrogen-bond acceptors (Lipinski definition) is 7. The second-order valence-electron chi connectivity index (χ2n) is 5.47. The maximum Gasteiger partial charge on any atom is 0.347 e. The zero-order valence-corrected chi connectivity index (χ0v) is 13.5. The van der Waals surface area contributed by atoms with Gasteiger partial charge in [-0.1, -0.05) is 6.08 Å². The topological polar surface area (TPSA) is 134 Å². The average Bonchev–Trinajstić information content (AvgIpc) is 2.65. The summed E-state index contributed by atoms with van der Waals surface area (Å²) in [6, 6.07) is 10.4. The highest BCUT2D eigenvalue weighted by atomic mass is 16.6. The molecule has 3 rings (SSSR count). The van der Waals surface area contributed by atoms with E-state index < -0.39 is 21.3 Å². The number of hydrogen-bond donors (Lipinski definition) is 0. The molecule has 0 fully saturated rings. The Labute approximate surface area is 150 Å². The molecule has 0 unspecified atom stereocenters. The Balaban J connectivity index is 1.92. The van der Waals surface area contributed by atoms with Crippen LogP contribution in [0.3, 0.4) is 0 Å². The van der Waals surface area contributed by atoms with Gasteiger partial charge in [-0.2, -0.15) is 0 Å². The molecule has 2 aromatic carbocycles. The maximum absolute atomic E-state index is 12.3. The Morgan fingerprint density at radius 3 is 2.19 bits per heavy atom. The van der Waals surface area contributed by atoms with Crippen LogP contribution >= 0.6 is 0 Å². The van der Waals surface area contributed by atoms with Gasteiger partial charge in [-0.15, -0.1) is 0 Å². The molecule has 1 heterocycles. The van der Waals surface area contributed by atoms with Gasteiger partial charge in [-0.05, 0) is 35.9 Å². The lowest BCUT2D eigenvalue weighted by atomic mass is 10.1. The number of benzene rings is 2. The highest BCUT2D eigenvalue weighted by molar-refractivity contribution is 6.07. The molecule has 0 radical (unpaired) electrons. The first-order chi connectivity index (χ1) is 12.8. The summed E-state index contributed by atoms with van der Waals surface area (Å²) in [5, 5.41) is 21.7. The van der Waals surface area contributed by atoms with E-state index in [1.165, 1.54) is 54.6 Å². The number of nitro benzene ring substituents is 2. The van der Waals surface area contributed by atoms with Gasteiger partial charge in [-0.3, -0.25) is 25.0 Å². The molecular weight excluding hydrogens is 356 g/mol. The largest absolute Gasteiger partial charge is 0.422 e. The van der Waals surface area contributed by atoms with Gasteiger partial charge in [0, 0.05) is 29.7 Å². The summed E-state index contributed by atoms with van der Waals surface area (Å²) in [6.07, 6.45) is 2.51. The van der Waals surface area contributed by atoms with Crippen molar-refractivity contribution in [3.63, 3.8) is 0 Å². The van der Waals surface area contributed by atoms with Crippen LogP contribution in [0.25, 0.3) is 17.0 Å². The Kier molecular flexibility index (Phi) is 4.58. The van der Waals surface area contributed by atoms with Crippen LogP contribution in [0.1, 0.15) is 15.9 Å². The Morgan fingerprint density at radius 2 is 1.56 bits per heavy atom. The third-order valence-electron chi connectivity index (χ3n) is 3.72. The molecule has 134 valence electrons. The summed E-state index contributed by atoms with van der Waals surface area (Å²) in [4.78, 5) is 44.6.